The van der Waals surface area contributed by atoms with E-state index >= 15 is 0 Å². The summed E-state index contributed by atoms with van der Waals surface area (Å²) in [6, 6.07) is 4.00. The molecule has 26 heavy (non-hydrogen) atoms. The second-order valence-corrected chi connectivity index (χ2v) is 6.56. The Morgan fingerprint density at radius 2 is 2.04 bits per heavy atom. The minimum absolute atomic E-state index is 0.160. The standard InChI is InChI=1S/C17H20N6O3/c1-11-8-12(2)23-16(19-11)20-14(22-23)15(25)26-9-13(24)21-17(10-18)6-4-3-5-7-17/h8H,3-7,9H2,1-2H3,(H,21,24). The highest BCUT2D eigenvalue weighted by molar-refractivity contribution is 5.88. The first-order valence-electron chi connectivity index (χ1n) is 8.53. The van der Waals surface area contributed by atoms with E-state index in [1.165, 1.54) is 4.52 Å². The van der Waals surface area contributed by atoms with Crippen molar-refractivity contribution in [2.45, 2.75) is 51.5 Å². The molecule has 9 heteroatoms. The number of fused-ring (bicyclic) bond motifs is 1. The molecule has 0 unspecified atom stereocenters. The summed E-state index contributed by atoms with van der Waals surface area (Å²) in [5.41, 5.74) is 0.683. The molecular weight excluding hydrogens is 336 g/mol. The molecule has 2 heterocycles. The fourth-order valence-electron chi connectivity index (χ4n) is 3.17. The van der Waals surface area contributed by atoms with Gasteiger partial charge in [0.2, 0.25) is 0 Å². The van der Waals surface area contributed by atoms with Crippen LogP contribution in [0.3, 0.4) is 0 Å². The van der Waals surface area contributed by atoms with Gasteiger partial charge in [-0.05, 0) is 32.8 Å². The number of nitriles is 1. The Morgan fingerprint density at radius 3 is 2.73 bits per heavy atom. The average Bonchev–Trinajstić information content (AvgIpc) is 3.05. The molecule has 1 fully saturated rings. The van der Waals surface area contributed by atoms with E-state index in [1.54, 1.807) is 0 Å². The minimum Gasteiger partial charge on any atom is -0.450 e. The first-order valence-corrected chi connectivity index (χ1v) is 8.53. The number of aryl methyl sites for hydroxylation is 2. The Morgan fingerprint density at radius 1 is 1.31 bits per heavy atom. The molecule has 0 bridgehead atoms. The Balaban J connectivity index is 1.62. The lowest BCUT2D eigenvalue weighted by atomic mass is 9.83. The van der Waals surface area contributed by atoms with Crippen LogP contribution in [0.4, 0.5) is 0 Å². The summed E-state index contributed by atoms with van der Waals surface area (Å²) in [7, 11) is 0. The Kier molecular flexibility index (Phi) is 4.84. The summed E-state index contributed by atoms with van der Waals surface area (Å²) >= 11 is 0. The number of nitrogens with zero attached hydrogens (tertiary/aromatic N) is 5. The van der Waals surface area contributed by atoms with E-state index in [2.05, 4.69) is 26.5 Å². The van der Waals surface area contributed by atoms with Gasteiger partial charge in [0, 0.05) is 11.4 Å². The molecule has 0 spiro atoms. The van der Waals surface area contributed by atoms with Crippen molar-refractivity contribution in [2.24, 2.45) is 0 Å². The third-order valence-corrected chi connectivity index (χ3v) is 4.44. The van der Waals surface area contributed by atoms with Crippen molar-refractivity contribution in [3.8, 4) is 6.07 Å². The van der Waals surface area contributed by atoms with Gasteiger partial charge in [-0.25, -0.2) is 14.3 Å². The average molecular weight is 356 g/mol. The van der Waals surface area contributed by atoms with Crippen molar-refractivity contribution in [1.29, 1.82) is 5.26 Å². The largest absolute Gasteiger partial charge is 0.450 e. The third-order valence-electron chi connectivity index (χ3n) is 4.44. The highest BCUT2D eigenvalue weighted by Gasteiger charge is 2.33. The number of carbonyl (C=O) groups excluding carboxylic acids is 2. The Hall–Kier alpha value is -3.02. The number of aromatic nitrogens is 4. The molecule has 1 aliphatic rings. The molecule has 0 aromatic carbocycles. The molecule has 1 N–H and O–H groups in total. The molecule has 0 saturated heterocycles. The number of hydrogen-bond donors (Lipinski definition) is 1. The molecule has 136 valence electrons. The van der Waals surface area contributed by atoms with E-state index in [-0.39, 0.29) is 5.82 Å². The molecule has 2 aromatic heterocycles. The highest BCUT2D eigenvalue weighted by Crippen LogP contribution is 2.27. The minimum atomic E-state index is -0.859. The number of carbonyl (C=O) groups is 2. The zero-order valence-electron chi connectivity index (χ0n) is 14.8. The maximum Gasteiger partial charge on any atom is 0.378 e. The van der Waals surface area contributed by atoms with E-state index in [1.807, 2.05) is 19.9 Å². The van der Waals surface area contributed by atoms with Crippen LogP contribution in [-0.4, -0.2) is 43.6 Å². The molecule has 0 atom stereocenters. The number of rotatable bonds is 4. The van der Waals surface area contributed by atoms with Crippen molar-refractivity contribution in [3.05, 3.63) is 23.3 Å². The van der Waals surface area contributed by atoms with E-state index in [4.69, 9.17) is 4.74 Å². The lowest BCUT2D eigenvalue weighted by molar-refractivity contribution is -0.125. The second-order valence-electron chi connectivity index (χ2n) is 6.56. The van der Waals surface area contributed by atoms with Gasteiger partial charge in [-0.1, -0.05) is 19.3 Å². The summed E-state index contributed by atoms with van der Waals surface area (Å²) in [6.07, 6.45) is 4.07. The van der Waals surface area contributed by atoms with Gasteiger partial charge in [0.1, 0.15) is 5.54 Å². The van der Waals surface area contributed by atoms with Crippen molar-refractivity contribution in [2.75, 3.05) is 6.61 Å². The SMILES string of the molecule is Cc1cc(C)n2nc(C(=O)OCC(=O)NC3(C#N)CCCCC3)nc2n1. The summed E-state index contributed by atoms with van der Waals surface area (Å²) in [6.45, 7) is 3.16. The summed E-state index contributed by atoms with van der Waals surface area (Å²) in [5.74, 6) is -1.18. The number of nitrogens with one attached hydrogen (secondary N) is 1. The van der Waals surface area contributed by atoms with E-state index in [0.717, 1.165) is 30.7 Å². The van der Waals surface area contributed by atoms with Crippen LogP contribution < -0.4 is 5.32 Å². The number of hydrogen-bond acceptors (Lipinski definition) is 7. The van der Waals surface area contributed by atoms with Crippen molar-refractivity contribution in [3.63, 3.8) is 0 Å². The van der Waals surface area contributed by atoms with E-state index in [9.17, 15) is 14.9 Å². The molecule has 1 amide bonds. The molecular formula is C17H20N6O3. The number of ether oxygens (including phenoxy) is 1. The third kappa shape index (κ3) is 3.64. The van der Waals surface area contributed by atoms with E-state index in [0.29, 0.717) is 18.6 Å². The van der Waals surface area contributed by atoms with Crippen LogP contribution in [0.2, 0.25) is 0 Å². The lowest BCUT2D eigenvalue weighted by Crippen LogP contribution is -2.50. The van der Waals surface area contributed by atoms with Gasteiger partial charge < -0.3 is 10.1 Å². The fraction of sp³-hybridized carbons (Fsp3) is 0.529. The van der Waals surface area contributed by atoms with Crippen molar-refractivity contribution < 1.29 is 14.3 Å². The smallest absolute Gasteiger partial charge is 0.378 e. The second kappa shape index (κ2) is 7.07. The van der Waals surface area contributed by atoms with Gasteiger partial charge >= 0.3 is 5.97 Å². The van der Waals surface area contributed by atoms with Crippen LogP contribution in [0.5, 0.6) is 0 Å². The van der Waals surface area contributed by atoms with Crippen LogP contribution >= 0.6 is 0 Å². The molecule has 3 rings (SSSR count). The van der Waals surface area contributed by atoms with Gasteiger partial charge in [-0.15, -0.1) is 5.10 Å². The number of esters is 1. The first-order chi connectivity index (χ1) is 12.4. The normalized spacial score (nSPS) is 16.0. The van der Waals surface area contributed by atoms with Gasteiger partial charge in [0.05, 0.1) is 6.07 Å². The van der Waals surface area contributed by atoms with E-state index < -0.39 is 24.0 Å². The van der Waals surface area contributed by atoms with Crippen LogP contribution in [0.15, 0.2) is 6.07 Å². The molecule has 0 aliphatic heterocycles. The fourth-order valence-corrected chi connectivity index (χ4v) is 3.17. The Labute approximate surface area is 150 Å². The monoisotopic (exact) mass is 356 g/mol. The van der Waals surface area contributed by atoms with Crippen LogP contribution in [-0.2, 0) is 9.53 Å². The van der Waals surface area contributed by atoms with Gasteiger partial charge in [-0.2, -0.15) is 10.2 Å². The zero-order chi connectivity index (χ0) is 18.7. The van der Waals surface area contributed by atoms with Gasteiger partial charge in [0.15, 0.2) is 6.61 Å². The predicted molar refractivity (Wildman–Crippen MR) is 90.1 cm³/mol. The molecule has 1 aliphatic carbocycles. The van der Waals surface area contributed by atoms with Crippen LogP contribution in [0.25, 0.3) is 5.78 Å². The zero-order valence-corrected chi connectivity index (χ0v) is 14.8. The predicted octanol–water partition coefficient (Wildman–Crippen LogP) is 1.24. The maximum atomic E-state index is 12.1. The molecule has 9 nitrogen and oxygen atoms in total. The van der Waals surface area contributed by atoms with Crippen molar-refractivity contribution in [1.82, 2.24) is 24.9 Å². The molecule has 2 aromatic rings. The number of amides is 1. The lowest BCUT2D eigenvalue weighted by Gasteiger charge is -2.31. The van der Waals surface area contributed by atoms with Gasteiger partial charge in [0.25, 0.3) is 17.5 Å². The highest BCUT2D eigenvalue weighted by atomic mass is 16.5. The van der Waals surface area contributed by atoms with Crippen molar-refractivity contribution >= 4 is 17.7 Å². The van der Waals surface area contributed by atoms with Crippen LogP contribution in [0, 0.1) is 25.2 Å². The first kappa shape index (κ1) is 17.8. The molecule has 0 radical (unpaired) electrons. The summed E-state index contributed by atoms with van der Waals surface area (Å²) in [5, 5.41) is 16.1. The van der Waals surface area contributed by atoms with Gasteiger partial charge in [-0.3, -0.25) is 4.79 Å². The quantitative estimate of drug-likeness (QED) is 0.818. The molecule has 1 saturated carbocycles. The Bertz CT molecular complexity index is 892. The maximum absolute atomic E-state index is 12.1. The summed E-state index contributed by atoms with van der Waals surface area (Å²) < 4.78 is 6.43. The van der Waals surface area contributed by atoms with Crippen LogP contribution in [0.1, 0.15) is 54.1 Å². The summed E-state index contributed by atoms with van der Waals surface area (Å²) in [4.78, 5) is 32.4. The topological polar surface area (TPSA) is 122 Å².